The van der Waals surface area contributed by atoms with E-state index in [0.717, 1.165) is 0 Å². The number of aryl methyl sites for hydroxylation is 4. The van der Waals surface area contributed by atoms with Gasteiger partial charge in [-0.2, -0.15) is 0 Å². The normalized spacial score (nSPS) is 10.7. The molecule has 0 aliphatic carbocycles. The molecule has 4 heteroatoms. The summed E-state index contributed by atoms with van der Waals surface area (Å²) in [5.74, 6) is -0.474. The van der Waals surface area contributed by atoms with Gasteiger partial charge in [0.1, 0.15) is 0 Å². The molecule has 0 atom stereocenters. The Morgan fingerprint density at radius 2 is 0.950 bits per heavy atom. The molecule has 0 aliphatic rings. The van der Waals surface area contributed by atoms with Gasteiger partial charge in [0.25, 0.3) is 0 Å². The lowest BCUT2D eigenvalue weighted by molar-refractivity contribution is 0.393. The minimum absolute atomic E-state index is 0.113. The van der Waals surface area contributed by atoms with Crippen molar-refractivity contribution in [3.05, 3.63) is 46.5 Å². The van der Waals surface area contributed by atoms with Crippen LogP contribution >= 0.6 is 0 Å². The van der Waals surface area contributed by atoms with Crippen molar-refractivity contribution < 1.29 is 20.4 Å². The molecule has 106 valence electrons. The van der Waals surface area contributed by atoms with E-state index in [4.69, 9.17) is 0 Å². The van der Waals surface area contributed by atoms with Crippen molar-refractivity contribution in [2.24, 2.45) is 0 Å². The van der Waals surface area contributed by atoms with Crippen LogP contribution in [0.5, 0.6) is 23.0 Å². The molecule has 0 heterocycles. The zero-order valence-electron chi connectivity index (χ0n) is 11.5. The molecule has 0 unspecified atom stereocenters. The third-order valence-corrected chi connectivity index (χ3v) is 3.54. The first-order chi connectivity index (χ1) is 9.41. The molecule has 0 bridgehead atoms. The van der Waals surface area contributed by atoms with Crippen molar-refractivity contribution >= 4 is 0 Å². The number of phenolic OH excluding ortho intramolecular Hbond substituents is 4. The summed E-state index contributed by atoms with van der Waals surface area (Å²) >= 11 is 0. The molecule has 0 saturated heterocycles. The van der Waals surface area contributed by atoms with E-state index in [2.05, 4.69) is 0 Å². The molecule has 0 aliphatic heterocycles. The molecule has 20 heavy (non-hydrogen) atoms. The van der Waals surface area contributed by atoms with Crippen LogP contribution < -0.4 is 0 Å². The first-order valence-corrected chi connectivity index (χ1v) is 6.42. The maximum absolute atomic E-state index is 9.86. The standard InChI is InChI=1S/C16H18O4/c1-9-3-5-11(15(19)13(9)17)7-8-12-6-4-10(2)14(18)16(12)20/h3-6,17-20H,7-8H2,1-2H3. The van der Waals surface area contributed by atoms with Gasteiger partial charge in [0, 0.05) is 0 Å². The van der Waals surface area contributed by atoms with Gasteiger partial charge in [-0.1, -0.05) is 24.3 Å². The number of hydrogen-bond donors (Lipinski definition) is 4. The Bertz CT molecular complexity index is 590. The number of benzene rings is 2. The Balaban J connectivity index is 2.22. The number of hydrogen-bond acceptors (Lipinski definition) is 4. The van der Waals surface area contributed by atoms with Gasteiger partial charge in [-0.3, -0.25) is 0 Å². The van der Waals surface area contributed by atoms with E-state index < -0.39 is 0 Å². The molecule has 0 spiro atoms. The summed E-state index contributed by atoms with van der Waals surface area (Å²) in [6, 6.07) is 6.96. The number of aromatic hydroxyl groups is 4. The number of phenols is 4. The van der Waals surface area contributed by atoms with Crippen molar-refractivity contribution in [1.82, 2.24) is 0 Å². The maximum Gasteiger partial charge on any atom is 0.160 e. The van der Waals surface area contributed by atoms with Gasteiger partial charge >= 0.3 is 0 Å². The monoisotopic (exact) mass is 274 g/mol. The van der Waals surface area contributed by atoms with E-state index in [9.17, 15) is 20.4 Å². The van der Waals surface area contributed by atoms with Crippen LogP contribution in [-0.4, -0.2) is 20.4 Å². The molecule has 0 radical (unpaired) electrons. The lowest BCUT2D eigenvalue weighted by Crippen LogP contribution is -1.94. The highest BCUT2D eigenvalue weighted by Gasteiger charge is 2.12. The molecule has 2 rings (SSSR count). The van der Waals surface area contributed by atoms with Crippen LogP contribution in [0.2, 0.25) is 0 Å². The minimum atomic E-state index is -0.124. The second-order valence-electron chi connectivity index (χ2n) is 4.98. The van der Waals surface area contributed by atoms with Crippen LogP contribution in [0.1, 0.15) is 22.3 Å². The van der Waals surface area contributed by atoms with Gasteiger partial charge in [0.2, 0.25) is 0 Å². The van der Waals surface area contributed by atoms with Crippen LogP contribution in [0.25, 0.3) is 0 Å². The second-order valence-corrected chi connectivity index (χ2v) is 4.98. The van der Waals surface area contributed by atoms with Crippen LogP contribution in [0.15, 0.2) is 24.3 Å². The molecule has 2 aromatic carbocycles. The van der Waals surface area contributed by atoms with E-state index in [0.29, 0.717) is 35.1 Å². The summed E-state index contributed by atoms with van der Waals surface area (Å²) in [5, 5.41) is 39.1. The predicted molar refractivity (Wildman–Crippen MR) is 76.4 cm³/mol. The van der Waals surface area contributed by atoms with Crippen LogP contribution in [0.4, 0.5) is 0 Å². The fourth-order valence-corrected chi connectivity index (χ4v) is 2.12. The number of rotatable bonds is 3. The highest BCUT2D eigenvalue weighted by Crippen LogP contribution is 2.35. The Morgan fingerprint density at radius 1 is 0.600 bits per heavy atom. The smallest absolute Gasteiger partial charge is 0.160 e. The van der Waals surface area contributed by atoms with Gasteiger partial charge in [0.15, 0.2) is 23.0 Å². The van der Waals surface area contributed by atoms with Crippen LogP contribution in [0.3, 0.4) is 0 Å². The van der Waals surface area contributed by atoms with Crippen molar-refractivity contribution in [2.45, 2.75) is 26.7 Å². The van der Waals surface area contributed by atoms with Gasteiger partial charge in [-0.25, -0.2) is 0 Å². The molecule has 0 fully saturated rings. The predicted octanol–water partition coefficient (Wildman–Crippen LogP) is 2.91. The third kappa shape index (κ3) is 2.50. The molecular weight excluding hydrogens is 256 g/mol. The summed E-state index contributed by atoms with van der Waals surface area (Å²) in [5.41, 5.74) is 2.43. The second kappa shape index (κ2) is 5.33. The summed E-state index contributed by atoms with van der Waals surface area (Å²) in [7, 11) is 0. The van der Waals surface area contributed by atoms with E-state index in [-0.39, 0.29) is 23.0 Å². The molecule has 0 aromatic heterocycles. The Morgan fingerprint density at radius 3 is 1.30 bits per heavy atom. The summed E-state index contributed by atoms with van der Waals surface area (Å²) < 4.78 is 0. The van der Waals surface area contributed by atoms with E-state index in [1.165, 1.54) is 0 Å². The van der Waals surface area contributed by atoms with Crippen LogP contribution in [-0.2, 0) is 12.8 Å². The first-order valence-electron chi connectivity index (χ1n) is 6.42. The zero-order valence-corrected chi connectivity index (χ0v) is 11.5. The minimum Gasteiger partial charge on any atom is -0.504 e. The topological polar surface area (TPSA) is 80.9 Å². The lowest BCUT2D eigenvalue weighted by Gasteiger charge is -2.10. The fourth-order valence-electron chi connectivity index (χ4n) is 2.12. The Kier molecular flexibility index (Phi) is 3.74. The zero-order chi connectivity index (χ0) is 14.9. The molecule has 2 aromatic rings. The maximum atomic E-state index is 9.86. The fraction of sp³-hybridized carbons (Fsp3) is 0.250. The van der Waals surface area contributed by atoms with Gasteiger partial charge in [0.05, 0.1) is 0 Å². The van der Waals surface area contributed by atoms with Crippen LogP contribution in [0, 0.1) is 13.8 Å². The summed E-state index contributed by atoms with van der Waals surface area (Å²) in [6.07, 6.45) is 0.908. The van der Waals surface area contributed by atoms with Crippen molar-refractivity contribution in [3.63, 3.8) is 0 Å². The highest BCUT2D eigenvalue weighted by atomic mass is 16.3. The molecule has 0 saturated carbocycles. The molecule has 4 nitrogen and oxygen atoms in total. The van der Waals surface area contributed by atoms with Gasteiger partial charge < -0.3 is 20.4 Å². The average molecular weight is 274 g/mol. The first kappa shape index (κ1) is 14.1. The van der Waals surface area contributed by atoms with Crippen molar-refractivity contribution in [3.8, 4) is 23.0 Å². The SMILES string of the molecule is Cc1ccc(CCc2ccc(C)c(O)c2O)c(O)c1O. The highest BCUT2D eigenvalue weighted by molar-refractivity contribution is 5.52. The van der Waals surface area contributed by atoms with E-state index in [1.807, 2.05) is 0 Å². The quantitative estimate of drug-likeness (QED) is 0.649. The Hall–Kier alpha value is -2.36. The van der Waals surface area contributed by atoms with Crippen molar-refractivity contribution in [1.29, 1.82) is 0 Å². The molecular formula is C16H18O4. The van der Waals surface area contributed by atoms with Gasteiger partial charge in [-0.05, 0) is 48.9 Å². The average Bonchev–Trinajstić information content (AvgIpc) is 2.43. The summed E-state index contributed by atoms with van der Waals surface area (Å²) in [4.78, 5) is 0. The van der Waals surface area contributed by atoms with Crippen molar-refractivity contribution in [2.75, 3.05) is 0 Å². The largest absolute Gasteiger partial charge is 0.504 e. The van der Waals surface area contributed by atoms with E-state index >= 15 is 0 Å². The lowest BCUT2D eigenvalue weighted by atomic mass is 10.00. The third-order valence-electron chi connectivity index (χ3n) is 3.54. The Labute approximate surface area is 117 Å². The molecule has 0 amide bonds. The molecule has 4 N–H and O–H groups in total. The van der Waals surface area contributed by atoms with Gasteiger partial charge in [-0.15, -0.1) is 0 Å². The summed E-state index contributed by atoms with van der Waals surface area (Å²) in [6.45, 7) is 3.42. The van der Waals surface area contributed by atoms with E-state index in [1.54, 1.807) is 38.1 Å².